The molecule has 0 atom stereocenters. The first kappa shape index (κ1) is 22.1. The average molecular weight is 457 g/mol. The Bertz CT molecular complexity index is 1100. The molecule has 1 heterocycles. The van der Waals surface area contributed by atoms with Crippen molar-refractivity contribution in [1.29, 1.82) is 0 Å². The number of amides is 2. The molecular weight excluding hydrogens is 431 g/mol. The lowest BCUT2D eigenvalue weighted by Crippen LogP contribution is -2.41. The van der Waals surface area contributed by atoms with Crippen molar-refractivity contribution in [1.82, 2.24) is 20.0 Å². The summed E-state index contributed by atoms with van der Waals surface area (Å²) in [6.07, 6.45) is 2.82. The number of nitrogens with zero attached hydrogens (tertiary/aromatic N) is 3. The second-order valence-electron chi connectivity index (χ2n) is 7.91. The van der Waals surface area contributed by atoms with Crippen LogP contribution in [0.25, 0.3) is 5.69 Å². The number of benzene rings is 2. The van der Waals surface area contributed by atoms with Crippen molar-refractivity contribution in [3.05, 3.63) is 70.6 Å². The second-order valence-corrected chi connectivity index (χ2v) is 8.34. The van der Waals surface area contributed by atoms with Crippen LogP contribution in [0.3, 0.4) is 0 Å². The largest absolute Gasteiger partial charge is 0.438 e. The molecule has 1 fully saturated rings. The fourth-order valence-corrected chi connectivity index (χ4v) is 3.61. The third-order valence-corrected chi connectivity index (χ3v) is 5.57. The van der Waals surface area contributed by atoms with Crippen LogP contribution < -0.4 is 10.1 Å². The normalized spacial score (nSPS) is 13.1. The number of aryl methyl sites for hydroxylation is 1. The summed E-state index contributed by atoms with van der Waals surface area (Å²) in [7, 11) is 0. The van der Waals surface area contributed by atoms with Gasteiger partial charge in [-0.05, 0) is 62.6 Å². The second kappa shape index (κ2) is 9.61. The maximum atomic E-state index is 13.8. The van der Waals surface area contributed by atoms with E-state index in [0.29, 0.717) is 29.7 Å². The van der Waals surface area contributed by atoms with E-state index < -0.39 is 5.82 Å². The third-order valence-electron chi connectivity index (χ3n) is 5.32. The molecule has 0 aliphatic heterocycles. The van der Waals surface area contributed by atoms with E-state index in [-0.39, 0.29) is 12.1 Å². The van der Waals surface area contributed by atoms with Gasteiger partial charge < -0.3 is 15.0 Å². The van der Waals surface area contributed by atoms with Crippen LogP contribution in [0.5, 0.6) is 11.6 Å². The summed E-state index contributed by atoms with van der Waals surface area (Å²) in [5.41, 5.74) is 2.27. The zero-order valence-corrected chi connectivity index (χ0v) is 18.9. The predicted molar refractivity (Wildman–Crippen MR) is 122 cm³/mol. The Hall–Kier alpha value is -3.06. The SMILES string of the molecule is CCCNC(=O)N(Cc1c(C)nn(-c2ccc(Cl)cc2)c1Oc1cccc(F)c1)C1CC1. The Kier molecular flexibility index (Phi) is 6.65. The number of carbonyl (C=O) groups excluding carboxylic acids is 1. The van der Waals surface area contributed by atoms with Gasteiger partial charge in [-0.3, -0.25) is 0 Å². The lowest BCUT2D eigenvalue weighted by Gasteiger charge is -2.23. The molecule has 32 heavy (non-hydrogen) atoms. The summed E-state index contributed by atoms with van der Waals surface area (Å²) in [5.74, 6) is 0.413. The van der Waals surface area contributed by atoms with Crippen LogP contribution in [0, 0.1) is 12.7 Å². The molecule has 1 aliphatic carbocycles. The van der Waals surface area contributed by atoms with Gasteiger partial charge in [-0.15, -0.1) is 0 Å². The van der Waals surface area contributed by atoms with E-state index in [1.807, 2.05) is 30.9 Å². The number of rotatable bonds is 8. The number of hydrogen-bond acceptors (Lipinski definition) is 3. The Labute approximate surface area is 191 Å². The van der Waals surface area contributed by atoms with E-state index >= 15 is 0 Å². The van der Waals surface area contributed by atoms with Crippen molar-refractivity contribution in [2.24, 2.45) is 0 Å². The van der Waals surface area contributed by atoms with Crippen molar-refractivity contribution in [3.63, 3.8) is 0 Å². The molecule has 1 saturated carbocycles. The fourth-order valence-electron chi connectivity index (χ4n) is 3.48. The van der Waals surface area contributed by atoms with E-state index in [9.17, 15) is 9.18 Å². The number of hydrogen-bond donors (Lipinski definition) is 1. The van der Waals surface area contributed by atoms with Crippen LogP contribution >= 0.6 is 11.6 Å². The monoisotopic (exact) mass is 456 g/mol. The standard InChI is InChI=1S/C24H26ClFN4O2/c1-3-13-27-24(31)29(19-11-12-19)15-22-16(2)28-30(20-9-7-17(25)8-10-20)23(22)32-21-6-4-5-18(26)14-21/h4-10,14,19H,3,11-13,15H2,1-2H3,(H,27,31). The Morgan fingerprint density at radius 1 is 1.28 bits per heavy atom. The van der Waals surface area contributed by atoms with Gasteiger partial charge in [0.05, 0.1) is 23.5 Å². The van der Waals surface area contributed by atoms with E-state index in [0.717, 1.165) is 36.2 Å². The third kappa shape index (κ3) is 5.05. The van der Waals surface area contributed by atoms with E-state index in [1.54, 1.807) is 28.9 Å². The van der Waals surface area contributed by atoms with Gasteiger partial charge in [0, 0.05) is 23.7 Å². The highest BCUT2D eigenvalue weighted by Crippen LogP contribution is 2.35. The van der Waals surface area contributed by atoms with Gasteiger partial charge in [-0.25, -0.2) is 13.9 Å². The summed E-state index contributed by atoms with van der Waals surface area (Å²) in [4.78, 5) is 14.6. The molecule has 8 heteroatoms. The highest BCUT2D eigenvalue weighted by molar-refractivity contribution is 6.30. The molecule has 1 aromatic heterocycles. The lowest BCUT2D eigenvalue weighted by molar-refractivity contribution is 0.191. The predicted octanol–water partition coefficient (Wildman–Crippen LogP) is 5.85. The van der Waals surface area contributed by atoms with Gasteiger partial charge >= 0.3 is 6.03 Å². The van der Waals surface area contributed by atoms with Gasteiger partial charge in [0.15, 0.2) is 0 Å². The molecule has 1 N–H and O–H groups in total. The van der Waals surface area contributed by atoms with E-state index in [1.165, 1.54) is 12.1 Å². The Morgan fingerprint density at radius 2 is 2.03 bits per heavy atom. The summed E-state index contributed by atoms with van der Waals surface area (Å²) in [5, 5.41) is 8.26. The quantitative estimate of drug-likeness (QED) is 0.462. The Balaban J connectivity index is 1.73. The Morgan fingerprint density at radius 3 is 2.69 bits per heavy atom. The molecule has 6 nitrogen and oxygen atoms in total. The van der Waals surface area contributed by atoms with E-state index in [4.69, 9.17) is 16.3 Å². The van der Waals surface area contributed by atoms with Crippen molar-refractivity contribution in [3.8, 4) is 17.3 Å². The molecule has 0 saturated heterocycles. The lowest BCUT2D eigenvalue weighted by atomic mass is 10.2. The highest BCUT2D eigenvalue weighted by Gasteiger charge is 2.34. The van der Waals surface area contributed by atoms with Crippen molar-refractivity contribution < 1.29 is 13.9 Å². The molecule has 3 aromatic rings. The average Bonchev–Trinajstić information content (AvgIpc) is 3.57. The summed E-state index contributed by atoms with van der Waals surface area (Å²) < 4.78 is 21.6. The smallest absolute Gasteiger partial charge is 0.317 e. The fraction of sp³-hybridized carbons (Fsp3) is 0.333. The van der Waals surface area contributed by atoms with Crippen molar-refractivity contribution in [2.45, 2.75) is 45.7 Å². The van der Waals surface area contributed by atoms with Crippen molar-refractivity contribution in [2.75, 3.05) is 6.54 Å². The first-order chi connectivity index (χ1) is 15.5. The molecular formula is C24H26ClFN4O2. The van der Waals surface area contributed by atoms with Crippen LogP contribution in [-0.4, -0.2) is 33.3 Å². The van der Waals surface area contributed by atoms with Crippen molar-refractivity contribution >= 4 is 17.6 Å². The number of aromatic nitrogens is 2. The topological polar surface area (TPSA) is 59.4 Å². The number of carbonyl (C=O) groups is 1. The number of halogens is 2. The summed E-state index contributed by atoms with van der Waals surface area (Å²) in [6, 6.07) is 13.3. The molecule has 2 amide bonds. The first-order valence-electron chi connectivity index (χ1n) is 10.8. The number of urea groups is 1. The van der Waals surface area contributed by atoms with Gasteiger partial charge in [0.2, 0.25) is 5.88 Å². The minimum Gasteiger partial charge on any atom is -0.438 e. The number of nitrogens with one attached hydrogen (secondary N) is 1. The minimum absolute atomic E-state index is 0.0929. The maximum absolute atomic E-state index is 13.8. The van der Waals surface area contributed by atoms with Gasteiger partial charge in [-0.1, -0.05) is 24.6 Å². The molecule has 0 unspecified atom stereocenters. The van der Waals surface area contributed by atoms with Crippen LogP contribution in [0.2, 0.25) is 5.02 Å². The zero-order valence-electron chi connectivity index (χ0n) is 18.1. The first-order valence-corrected chi connectivity index (χ1v) is 11.2. The highest BCUT2D eigenvalue weighted by atomic mass is 35.5. The van der Waals surface area contributed by atoms with Crippen LogP contribution in [0.1, 0.15) is 37.4 Å². The molecule has 1 aliphatic rings. The van der Waals surface area contributed by atoms with E-state index in [2.05, 4.69) is 10.4 Å². The molecule has 0 spiro atoms. The molecule has 0 bridgehead atoms. The van der Waals surface area contributed by atoms with Crippen LogP contribution in [-0.2, 0) is 6.54 Å². The molecule has 2 aromatic carbocycles. The van der Waals surface area contributed by atoms with Gasteiger partial charge in [0.25, 0.3) is 0 Å². The summed E-state index contributed by atoms with van der Waals surface area (Å²) in [6.45, 7) is 4.88. The zero-order chi connectivity index (χ0) is 22.7. The van der Waals surface area contributed by atoms with Gasteiger partial charge in [0.1, 0.15) is 11.6 Å². The number of ether oxygens (including phenoxy) is 1. The minimum atomic E-state index is -0.392. The summed E-state index contributed by atoms with van der Waals surface area (Å²) >= 11 is 6.06. The molecule has 0 radical (unpaired) electrons. The molecule has 168 valence electrons. The molecule has 4 rings (SSSR count). The van der Waals surface area contributed by atoms with Gasteiger partial charge in [-0.2, -0.15) is 5.10 Å². The maximum Gasteiger partial charge on any atom is 0.317 e. The van der Waals surface area contributed by atoms with Crippen LogP contribution in [0.15, 0.2) is 48.5 Å². The van der Waals surface area contributed by atoms with Crippen LogP contribution in [0.4, 0.5) is 9.18 Å².